The van der Waals surface area contributed by atoms with Crippen molar-refractivity contribution in [3.63, 3.8) is 0 Å². The number of pyridine rings is 1. The first-order valence-electron chi connectivity index (χ1n) is 7.21. The monoisotopic (exact) mass is 317 g/mol. The van der Waals surface area contributed by atoms with E-state index in [-0.39, 0.29) is 5.41 Å². The largest absolute Gasteiger partial charge is 0.416 e. The normalized spacial score (nSPS) is 15.7. The minimum Gasteiger partial charge on any atom is -0.369 e. The van der Waals surface area contributed by atoms with Crippen LogP contribution < -0.4 is 5.32 Å². The van der Waals surface area contributed by atoms with Gasteiger partial charge in [0.25, 0.3) is 0 Å². The van der Waals surface area contributed by atoms with Crippen molar-refractivity contribution in [2.24, 2.45) is 0 Å². The van der Waals surface area contributed by atoms with Gasteiger partial charge in [-0.15, -0.1) is 0 Å². The van der Waals surface area contributed by atoms with Gasteiger partial charge < -0.3 is 5.32 Å². The van der Waals surface area contributed by atoms with E-state index in [0.717, 1.165) is 18.9 Å². The van der Waals surface area contributed by atoms with Crippen molar-refractivity contribution in [2.45, 2.75) is 24.4 Å². The summed E-state index contributed by atoms with van der Waals surface area (Å²) in [6.45, 7) is 0.521. The molecule has 6 heteroatoms. The van der Waals surface area contributed by atoms with Gasteiger partial charge in [0.15, 0.2) is 0 Å². The van der Waals surface area contributed by atoms with E-state index in [1.807, 2.05) is 6.07 Å². The van der Waals surface area contributed by atoms with E-state index in [2.05, 4.69) is 10.3 Å². The van der Waals surface area contributed by atoms with Crippen LogP contribution in [0.1, 0.15) is 29.5 Å². The molecular formula is C17H14F3N3. The highest BCUT2D eigenvalue weighted by Gasteiger charge is 2.45. The molecule has 1 aromatic heterocycles. The van der Waals surface area contributed by atoms with Gasteiger partial charge in [0.1, 0.15) is 11.9 Å². The first-order valence-corrected chi connectivity index (χ1v) is 7.21. The molecule has 0 amide bonds. The molecule has 1 aromatic carbocycles. The molecule has 1 aliphatic carbocycles. The number of alkyl halides is 3. The van der Waals surface area contributed by atoms with E-state index in [1.165, 1.54) is 18.3 Å². The molecule has 0 spiro atoms. The van der Waals surface area contributed by atoms with Crippen molar-refractivity contribution < 1.29 is 13.2 Å². The Morgan fingerprint density at radius 1 is 1.22 bits per heavy atom. The molecule has 0 unspecified atom stereocenters. The van der Waals surface area contributed by atoms with Crippen LogP contribution in [0.4, 0.5) is 19.0 Å². The maximum absolute atomic E-state index is 12.8. The highest BCUT2D eigenvalue weighted by molar-refractivity contribution is 5.43. The standard InChI is InChI=1S/C17H14F3N3/c18-17(19,20)14-3-1-2-13(8-14)16(6-7-16)11-23-15-5-4-12(9-21)10-22-15/h1-5,8,10H,6-7,11H2,(H,22,23). The predicted octanol–water partition coefficient (Wildman–Crippen LogP) is 4.12. The summed E-state index contributed by atoms with van der Waals surface area (Å²) in [7, 11) is 0. The van der Waals surface area contributed by atoms with Crippen LogP contribution in [-0.4, -0.2) is 11.5 Å². The minimum atomic E-state index is -4.33. The smallest absolute Gasteiger partial charge is 0.369 e. The molecule has 0 radical (unpaired) electrons. The SMILES string of the molecule is N#Cc1ccc(NCC2(c3cccc(C(F)(F)F)c3)CC2)nc1. The number of anilines is 1. The van der Waals surface area contributed by atoms with E-state index in [0.29, 0.717) is 23.5 Å². The molecule has 0 saturated heterocycles. The summed E-state index contributed by atoms with van der Waals surface area (Å²) in [4.78, 5) is 4.12. The van der Waals surface area contributed by atoms with Gasteiger partial charge >= 0.3 is 6.18 Å². The van der Waals surface area contributed by atoms with Crippen molar-refractivity contribution in [1.82, 2.24) is 4.98 Å². The molecule has 1 fully saturated rings. The van der Waals surface area contributed by atoms with Gasteiger partial charge in [-0.05, 0) is 36.6 Å². The van der Waals surface area contributed by atoms with Crippen LogP contribution in [-0.2, 0) is 11.6 Å². The van der Waals surface area contributed by atoms with Gasteiger partial charge in [0, 0.05) is 18.2 Å². The predicted molar refractivity (Wildman–Crippen MR) is 79.8 cm³/mol. The van der Waals surface area contributed by atoms with Gasteiger partial charge in [0.05, 0.1) is 11.1 Å². The van der Waals surface area contributed by atoms with Crippen LogP contribution in [0.2, 0.25) is 0 Å². The second kappa shape index (κ2) is 5.58. The molecule has 1 aliphatic rings. The zero-order valence-corrected chi connectivity index (χ0v) is 12.2. The molecule has 0 aliphatic heterocycles. The van der Waals surface area contributed by atoms with Crippen LogP contribution in [0.5, 0.6) is 0 Å². The van der Waals surface area contributed by atoms with Gasteiger partial charge in [0.2, 0.25) is 0 Å². The Balaban J connectivity index is 1.74. The number of benzene rings is 1. The lowest BCUT2D eigenvalue weighted by Crippen LogP contribution is -2.20. The number of rotatable bonds is 4. The molecule has 2 aromatic rings. The summed E-state index contributed by atoms with van der Waals surface area (Å²) in [6, 6.07) is 10.9. The molecular weight excluding hydrogens is 303 g/mol. The third-order valence-corrected chi connectivity index (χ3v) is 4.16. The number of halogens is 3. The Labute approximate surface area is 131 Å². The maximum atomic E-state index is 12.8. The summed E-state index contributed by atoms with van der Waals surface area (Å²) in [5, 5.41) is 11.9. The highest BCUT2D eigenvalue weighted by Crippen LogP contribution is 2.49. The van der Waals surface area contributed by atoms with Gasteiger partial charge in [-0.3, -0.25) is 0 Å². The number of aromatic nitrogens is 1. The molecule has 1 N–H and O–H groups in total. The third kappa shape index (κ3) is 3.29. The summed E-state index contributed by atoms with van der Waals surface area (Å²) in [5.41, 5.74) is 0.289. The van der Waals surface area contributed by atoms with Crippen molar-refractivity contribution >= 4 is 5.82 Å². The number of hydrogen-bond acceptors (Lipinski definition) is 3. The lowest BCUT2D eigenvalue weighted by Gasteiger charge is -2.18. The van der Waals surface area contributed by atoms with Crippen LogP contribution >= 0.6 is 0 Å². The topological polar surface area (TPSA) is 48.7 Å². The number of nitrogens with one attached hydrogen (secondary N) is 1. The van der Waals surface area contributed by atoms with Crippen LogP contribution in [0.3, 0.4) is 0 Å². The lowest BCUT2D eigenvalue weighted by atomic mass is 9.94. The fourth-order valence-electron chi connectivity index (χ4n) is 2.57. The second-order valence-electron chi connectivity index (χ2n) is 5.76. The molecule has 0 bridgehead atoms. The summed E-state index contributed by atoms with van der Waals surface area (Å²) < 4.78 is 38.5. The number of hydrogen-bond donors (Lipinski definition) is 1. The lowest BCUT2D eigenvalue weighted by molar-refractivity contribution is -0.137. The maximum Gasteiger partial charge on any atom is 0.416 e. The van der Waals surface area contributed by atoms with Crippen molar-refractivity contribution in [2.75, 3.05) is 11.9 Å². The first-order chi connectivity index (χ1) is 10.9. The van der Waals surface area contributed by atoms with Gasteiger partial charge in [-0.2, -0.15) is 18.4 Å². The average molecular weight is 317 g/mol. The molecule has 3 nitrogen and oxygen atoms in total. The Bertz CT molecular complexity index is 741. The Hall–Kier alpha value is -2.55. The fourth-order valence-corrected chi connectivity index (χ4v) is 2.57. The zero-order chi connectivity index (χ0) is 16.5. The Kier molecular flexibility index (Phi) is 3.72. The Morgan fingerprint density at radius 2 is 2.00 bits per heavy atom. The average Bonchev–Trinajstić information content (AvgIpc) is 3.34. The Morgan fingerprint density at radius 3 is 2.57 bits per heavy atom. The van der Waals surface area contributed by atoms with Crippen molar-refractivity contribution in [1.29, 1.82) is 5.26 Å². The van der Waals surface area contributed by atoms with E-state index >= 15 is 0 Å². The molecule has 118 valence electrons. The molecule has 23 heavy (non-hydrogen) atoms. The van der Waals surface area contributed by atoms with Crippen LogP contribution in [0.25, 0.3) is 0 Å². The molecule has 0 atom stereocenters. The summed E-state index contributed by atoms with van der Waals surface area (Å²) in [5.74, 6) is 0.613. The van der Waals surface area contributed by atoms with E-state index < -0.39 is 11.7 Å². The zero-order valence-electron chi connectivity index (χ0n) is 12.2. The highest BCUT2D eigenvalue weighted by atomic mass is 19.4. The second-order valence-corrected chi connectivity index (χ2v) is 5.76. The van der Waals surface area contributed by atoms with E-state index in [1.54, 1.807) is 18.2 Å². The van der Waals surface area contributed by atoms with Crippen molar-refractivity contribution in [3.8, 4) is 6.07 Å². The van der Waals surface area contributed by atoms with E-state index in [4.69, 9.17) is 5.26 Å². The first kappa shape index (κ1) is 15.3. The van der Waals surface area contributed by atoms with Crippen LogP contribution in [0.15, 0.2) is 42.6 Å². The van der Waals surface area contributed by atoms with Gasteiger partial charge in [-0.1, -0.05) is 18.2 Å². The van der Waals surface area contributed by atoms with Crippen molar-refractivity contribution in [3.05, 3.63) is 59.3 Å². The van der Waals surface area contributed by atoms with Gasteiger partial charge in [-0.25, -0.2) is 4.98 Å². The molecule has 1 saturated carbocycles. The quantitative estimate of drug-likeness (QED) is 0.923. The summed E-state index contributed by atoms with van der Waals surface area (Å²) in [6.07, 6.45) is -1.17. The molecule has 3 rings (SSSR count). The molecule has 1 heterocycles. The number of nitriles is 1. The van der Waals surface area contributed by atoms with Crippen LogP contribution in [0, 0.1) is 11.3 Å². The number of nitrogens with zero attached hydrogens (tertiary/aromatic N) is 2. The summed E-state index contributed by atoms with van der Waals surface area (Å²) >= 11 is 0. The minimum absolute atomic E-state index is 0.267. The van der Waals surface area contributed by atoms with E-state index in [9.17, 15) is 13.2 Å². The fraction of sp³-hybridized carbons (Fsp3) is 0.294. The third-order valence-electron chi connectivity index (χ3n) is 4.16.